The summed E-state index contributed by atoms with van der Waals surface area (Å²) in [5.74, 6) is -10.8. The Morgan fingerprint density at radius 1 is 1.16 bits per heavy atom. The number of nitrogens with two attached hydrogens (primary N) is 1. The van der Waals surface area contributed by atoms with Gasteiger partial charge in [-0.2, -0.15) is 0 Å². The van der Waals surface area contributed by atoms with Crippen LogP contribution in [0.2, 0.25) is 0 Å². The van der Waals surface area contributed by atoms with Gasteiger partial charge in [0, 0.05) is 11.5 Å². The van der Waals surface area contributed by atoms with Crippen LogP contribution in [0.1, 0.15) is 55.6 Å². The monoisotopic (exact) mass is 527 g/mol. The first-order valence-corrected chi connectivity index (χ1v) is 12.4. The minimum atomic E-state index is -2.75. The molecule has 0 bridgehead atoms. The van der Waals surface area contributed by atoms with E-state index in [1.807, 2.05) is 20.8 Å². The van der Waals surface area contributed by atoms with Crippen molar-refractivity contribution in [3.63, 3.8) is 0 Å². The lowest BCUT2D eigenvalue weighted by Gasteiger charge is -2.52. The number of benzene rings is 1. The first-order valence-electron chi connectivity index (χ1n) is 12.4. The second kappa shape index (κ2) is 9.09. The van der Waals surface area contributed by atoms with Gasteiger partial charge in [0.15, 0.2) is 34.7 Å². The highest BCUT2D eigenvalue weighted by Gasteiger charge is 2.69. The molecule has 1 aromatic rings. The van der Waals surface area contributed by atoms with Gasteiger partial charge in [-0.15, -0.1) is 0 Å². The summed E-state index contributed by atoms with van der Waals surface area (Å²) in [6.45, 7) is 7.19. The Hall–Kier alpha value is -3.44. The molecule has 2 fully saturated rings. The molecule has 0 spiro atoms. The Balaban J connectivity index is 1.84. The molecule has 11 heteroatoms. The summed E-state index contributed by atoms with van der Waals surface area (Å²) in [5, 5.41) is 26.4. The molecule has 1 aromatic carbocycles. The number of nitrogens with zero attached hydrogens (tertiary/aromatic N) is 2. The summed E-state index contributed by atoms with van der Waals surface area (Å²) in [7, 11) is 3.08. The highest BCUT2D eigenvalue weighted by Crippen LogP contribution is 2.51. The van der Waals surface area contributed by atoms with Crippen molar-refractivity contribution in [1.29, 1.82) is 0 Å². The first-order chi connectivity index (χ1) is 17.5. The zero-order valence-electron chi connectivity index (χ0n) is 22.3. The molecular formula is C27H33N3O8. The molecule has 38 heavy (non-hydrogen) atoms. The van der Waals surface area contributed by atoms with Gasteiger partial charge in [-0.25, -0.2) is 0 Å². The fourth-order valence-corrected chi connectivity index (χ4v) is 6.20. The number of aromatic hydroxyl groups is 1. The Morgan fingerprint density at radius 2 is 1.79 bits per heavy atom. The zero-order chi connectivity index (χ0) is 28.5. The van der Waals surface area contributed by atoms with Crippen LogP contribution in [0.15, 0.2) is 17.3 Å². The van der Waals surface area contributed by atoms with Gasteiger partial charge in [0.05, 0.1) is 23.2 Å². The minimum absolute atomic E-state index is 0.0202. The summed E-state index contributed by atoms with van der Waals surface area (Å²) in [6.07, 6.45) is 0.131. The van der Waals surface area contributed by atoms with Crippen molar-refractivity contribution in [1.82, 2.24) is 4.90 Å². The molecule has 4 N–H and O–H groups in total. The van der Waals surface area contributed by atoms with Crippen LogP contribution >= 0.6 is 0 Å². The van der Waals surface area contributed by atoms with Crippen LogP contribution in [0.5, 0.6) is 5.75 Å². The van der Waals surface area contributed by atoms with E-state index in [1.54, 1.807) is 27.1 Å². The lowest BCUT2D eigenvalue weighted by atomic mass is 9.52. The van der Waals surface area contributed by atoms with Crippen molar-refractivity contribution >= 4 is 34.8 Å². The lowest BCUT2D eigenvalue weighted by Crippen LogP contribution is -2.74. The number of likely N-dealkylation sites (N-methyl/N-ethyl adjacent to an activating group) is 1. The van der Waals surface area contributed by atoms with Gasteiger partial charge in [0.2, 0.25) is 5.91 Å². The predicted octanol–water partition coefficient (Wildman–Crippen LogP) is 0.406. The third-order valence-corrected chi connectivity index (χ3v) is 7.79. The number of oxime groups is 1. The number of carbonyl (C=O) groups excluding carboxylic acids is 5. The number of carbonyl (C=O) groups is 5. The summed E-state index contributed by atoms with van der Waals surface area (Å²) in [4.78, 5) is 73.1. The quantitative estimate of drug-likeness (QED) is 0.284. The van der Waals surface area contributed by atoms with E-state index in [4.69, 9.17) is 10.6 Å². The van der Waals surface area contributed by atoms with Crippen LogP contribution in [-0.2, 0) is 30.4 Å². The molecule has 204 valence electrons. The maximum Gasteiger partial charge on any atom is 0.235 e. The molecule has 0 radical (unpaired) electrons. The van der Waals surface area contributed by atoms with Gasteiger partial charge in [0.25, 0.3) is 0 Å². The summed E-state index contributed by atoms with van der Waals surface area (Å²) >= 11 is 0. The van der Waals surface area contributed by atoms with E-state index in [0.29, 0.717) is 16.8 Å². The van der Waals surface area contributed by atoms with E-state index < -0.39 is 70.0 Å². The molecule has 3 aliphatic rings. The van der Waals surface area contributed by atoms with Crippen LogP contribution < -0.4 is 5.73 Å². The first kappa shape index (κ1) is 27.6. The number of ketones is 4. The third-order valence-electron chi connectivity index (χ3n) is 7.79. The molecule has 0 aromatic heterocycles. The molecule has 3 unspecified atom stereocenters. The van der Waals surface area contributed by atoms with E-state index in [-0.39, 0.29) is 24.2 Å². The molecule has 1 amide bonds. The molecule has 3 aliphatic carbocycles. The van der Waals surface area contributed by atoms with Crippen LogP contribution in [0.4, 0.5) is 0 Å². The van der Waals surface area contributed by atoms with E-state index in [0.717, 1.165) is 0 Å². The molecule has 0 aliphatic heterocycles. The number of primary amides is 1. The molecule has 0 saturated heterocycles. The Kier molecular flexibility index (Phi) is 6.60. The summed E-state index contributed by atoms with van der Waals surface area (Å²) < 4.78 is 0. The number of hydrogen-bond donors (Lipinski definition) is 3. The van der Waals surface area contributed by atoms with Crippen molar-refractivity contribution in [3.05, 3.63) is 28.8 Å². The van der Waals surface area contributed by atoms with Crippen molar-refractivity contribution in [2.75, 3.05) is 14.1 Å². The topological polar surface area (TPSA) is 177 Å². The lowest BCUT2D eigenvalue weighted by molar-refractivity contribution is -0.181. The standard InChI is InChI=1S/C27H33N3O8/c1-11(29-38-26(2,3)4)13-7-8-16(31)18-14(13)9-12-10-15-20(30(5)6)22(33)19(25(28)36)24(35)27(15,37)23(34)17(12)21(18)32/h7-8,12,15,17,19-20,31,37H,9-10H2,1-6H3,(H2,28,36)/t12-,15-,17?,19?,20?,27+/m0/s1. The number of phenolic OH excluding ortho intramolecular Hbond substituents is 1. The van der Waals surface area contributed by atoms with Crippen molar-refractivity contribution in [2.24, 2.45) is 34.6 Å². The number of aliphatic hydroxyl groups is 1. The van der Waals surface area contributed by atoms with Crippen LogP contribution in [0.25, 0.3) is 0 Å². The summed E-state index contributed by atoms with van der Waals surface area (Å²) in [6, 6.07) is 1.79. The average Bonchev–Trinajstić information content (AvgIpc) is 2.79. The van der Waals surface area contributed by atoms with Gasteiger partial charge < -0.3 is 20.8 Å². The Bertz CT molecular complexity index is 1290. The SMILES string of the molecule is CC(=NOC(C)(C)C)c1ccc(O)c2c1C[C@H]1C[C@H]3C(N(C)C)C(=O)C(C(N)=O)C(=O)[C@]3(O)C(=O)C1C2=O. The van der Waals surface area contributed by atoms with Crippen LogP contribution in [0, 0.1) is 23.7 Å². The van der Waals surface area contributed by atoms with E-state index in [9.17, 15) is 34.2 Å². The number of rotatable bonds is 4. The fraction of sp³-hybridized carbons (Fsp3) is 0.556. The molecular weight excluding hydrogens is 494 g/mol. The smallest absolute Gasteiger partial charge is 0.235 e. The highest BCUT2D eigenvalue weighted by molar-refractivity contribution is 6.32. The van der Waals surface area contributed by atoms with Crippen molar-refractivity contribution in [2.45, 2.75) is 57.8 Å². The van der Waals surface area contributed by atoms with E-state index in [2.05, 4.69) is 5.16 Å². The van der Waals surface area contributed by atoms with Crippen LogP contribution in [-0.4, -0.2) is 81.2 Å². The largest absolute Gasteiger partial charge is 0.507 e. The third kappa shape index (κ3) is 4.04. The van der Waals surface area contributed by atoms with Gasteiger partial charge in [-0.1, -0.05) is 5.16 Å². The number of fused-ring (bicyclic) bond motifs is 3. The van der Waals surface area contributed by atoms with Gasteiger partial charge in [0.1, 0.15) is 11.4 Å². The molecule has 2 saturated carbocycles. The Labute approximate surface area is 220 Å². The predicted molar refractivity (Wildman–Crippen MR) is 134 cm³/mol. The molecule has 11 nitrogen and oxygen atoms in total. The number of Topliss-reactive ketones (excluding diaryl/α,β-unsaturated/α-hetero) is 4. The second-order valence-corrected chi connectivity index (χ2v) is 11.7. The zero-order valence-corrected chi connectivity index (χ0v) is 22.3. The van der Waals surface area contributed by atoms with E-state index >= 15 is 0 Å². The van der Waals surface area contributed by atoms with E-state index in [1.165, 1.54) is 11.0 Å². The minimum Gasteiger partial charge on any atom is -0.507 e. The molecule has 4 rings (SSSR count). The normalized spacial score (nSPS) is 31.6. The maximum atomic E-state index is 13.8. The molecule has 6 atom stereocenters. The number of amides is 1. The maximum absolute atomic E-state index is 13.8. The molecule has 0 heterocycles. The van der Waals surface area contributed by atoms with Crippen molar-refractivity contribution in [3.8, 4) is 5.75 Å². The second-order valence-electron chi connectivity index (χ2n) is 11.7. The average molecular weight is 528 g/mol. The fourth-order valence-electron chi connectivity index (χ4n) is 6.20. The summed E-state index contributed by atoms with van der Waals surface area (Å²) in [5.41, 5.74) is 3.41. The van der Waals surface area contributed by atoms with Gasteiger partial charge in [-0.05, 0) is 78.2 Å². The van der Waals surface area contributed by atoms with Gasteiger partial charge >= 0.3 is 0 Å². The Morgan fingerprint density at radius 3 is 2.34 bits per heavy atom. The van der Waals surface area contributed by atoms with Crippen molar-refractivity contribution < 1.29 is 39.0 Å². The van der Waals surface area contributed by atoms with Crippen LogP contribution in [0.3, 0.4) is 0 Å². The number of hydrogen-bond acceptors (Lipinski definition) is 10. The number of phenols is 1. The van der Waals surface area contributed by atoms with Gasteiger partial charge in [-0.3, -0.25) is 28.9 Å². The highest BCUT2D eigenvalue weighted by atomic mass is 16.6.